The van der Waals surface area contributed by atoms with Gasteiger partial charge in [0.2, 0.25) is 5.78 Å². The lowest BCUT2D eigenvalue weighted by molar-refractivity contribution is 0.822. The zero-order valence-corrected chi connectivity index (χ0v) is 13.9. The Morgan fingerprint density at radius 2 is 1.79 bits per heavy atom. The summed E-state index contributed by atoms with van der Waals surface area (Å²) in [5, 5.41) is 0. The van der Waals surface area contributed by atoms with Crippen molar-refractivity contribution >= 4 is 16.8 Å². The largest absolute Gasteiger partial charge is 0.305 e. The average Bonchev–Trinajstić information content (AvgIpc) is 2.89. The van der Waals surface area contributed by atoms with Gasteiger partial charge in [-0.25, -0.2) is 9.38 Å². The SMILES string of the molecule is CCc1cc(=O)n2c3ccccc3n(Cc3cccc(C)c3)c2n1. The molecule has 0 saturated carbocycles. The molecule has 0 saturated heterocycles. The van der Waals surface area contributed by atoms with Crippen LogP contribution in [0.5, 0.6) is 0 Å². The molecule has 2 aromatic carbocycles. The van der Waals surface area contributed by atoms with Gasteiger partial charge in [-0.1, -0.05) is 48.9 Å². The van der Waals surface area contributed by atoms with Crippen molar-refractivity contribution in [2.45, 2.75) is 26.8 Å². The number of hydrogen-bond acceptors (Lipinski definition) is 2. The molecule has 0 fully saturated rings. The first kappa shape index (κ1) is 14.7. The molecule has 4 heteroatoms. The van der Waals surface area contributed by atoms with Crippen LogP contribution < -0.4 is 5.56 Å². The molecule has 2 aromatic heterocycles. The van der Waals surface area contributed by atoms with Crippen molar-refractivity contribution in [1.29, 1.82) is 0 Å². The Morgan fingerprint density at radius 1 is 1.00 bits per heavy atom. The molecule has 24 heavy (non-hydrogen) atoms. The van der Waals surface area contributed by atoms with Crippen molar-refractivity contribution in [3.8, 4) is 0 Å². The molecular formula is C20H19N3O. The van der Waals surface area contributed by atoms with Gasteiger partial charge in [0, 0.05) is 11.8 Å². The van der Waals surface area contributed by atoms with Gasteiger partial charge in [0.1, 0.15) is 0 Å². The lowest BCUT2D eigenvalue weighted by Gasteiger charge is -2.07. The zero-order valence-electron chi connectivity index (χ0n) is 13.9. The van der Waals surface area contributed by atoms with E-state index in [0.717, 1.165) is 23.1 Å². The highest BCUT2D eigenvalue weighted by Gasteiger charge is 2.14. The van der Waals surface area contributed by atoms with Crippen molar-refractivity contribution in [2.24, 2.45) is 0 Å². The lowest BCUT2D eigenvalue weighted by atomic mass is 10.1. The first-order valence-corrected chi connectivity index (χ1v) is 8.23. The Kier molecular flexibility index (Phi) is 3.45. The normalized spacial score (nSPS) is 11.4. The predicted molar refractivity (Wildman–Crippen MR) is 96.6 cm³/mol. The molecule has 0 aliphatic rings. The quantitative estimate of drug-likeness (QED) is 0.579. The molecule has 0 aliphatic heterocycles. The van der Waals surface area contributed by atoms with Gasteiger partial charge in [0.05, 0.1) is 17.6 Å². The third-order valence-corrected chi connectivity index (χ3v) is 4.39. The zero-order chi connectivity index (χ0) is 16.7. The maximum Gasteiger partial charge on any atom is 0.259 e. The summed E-state index contributed by atoms with van der Waals surface area (Å²) in [6, 6.07) is 18.1. The number of benzene rings is 2. The van der Waals surface area contributed by atoms with Crippen LogP contribution in [0.25, 0.3) is 16.8 Å². The number of hydrogen-bond donors (Lipinski definition) is 0. The van der Waals surface area contributed by atoms with Crippen LogP contribution in [-0.2, 0) is 13.0 Å². The van der Waals surface area contributed by atoms with E-state index in [9.17, 15) is 4.79 Å². The number of aromatic nitrogens is 3. The summed E-state index contributed by atoms with van der Waals surface area (Å²) in [7, 11) is 0. The molecule has 2 heterocycles. The van der Waals surface area contributed by atoms with Gasteiger partial charge < -0.3 is 4.57 Å². The van der Waals surface area contributed by atoms with Crippen molar-refractivity contribution in [3.05, 3.63) is 81.8 Å². The number of fused-ring (bicyclic) bond motifs is 3. The molecule has 0 radical (unpaired) electrons. The van der Waals surface area contributed by atoms with Crippen molar-refractivity contribution < 1.29 is 0 Å². The number of para-hydroxylation sites is 2. The average molecular weight is 317 g/mol. The minimum Gasteiger partial charge on any atom is -0.305 e. The Balaban J connectivity index is 2.04. The summed E-state index contributed by atoms with van der Waals surface area (Å²) in [5.74, 6) is 0.710. The van der Waals surface area contributed by atoms with Gasteiger partial charge in [-0.2, -0.15) is 0 Å². The van der Waals surface area contributed by atoms with E-state index < -0.39 is 0 Å². The second-order valence-corrected chi connectivity index (χ2v) is 6.14. The predicted octanol–water partition coefficient (Wildman–Crippen LogP) is 3.57. The highest BCUT2D eigenvalue weighted by Crippen LogP contribution is 2.20. The summed E-state index contributed by atoms with van der Waals surface area (Å²) in [6.07, 6.45) is 0.748. The molecule has 0 spiro atoms. The van der Waals surface area contributed by atoms with Crippen molar-refractivity contribution in [2.75, 3.05) is 0 Å². The van der Waals surface area contributed by atoms with E-state index in [4.69, 9.17) is 4.98 Å². The van der Waals surface area contributed by atoms with E-state index in [1.807, 2.05) is 31.2 Å². The standard InChI is InChI=1S/C20H19N3O/c1-3-16-12-19(24)23-18-10-5-4-9-17(18)22(20(23)21-16)13-15-8-6-7-14(2)11-15/h4-12H,3,13H2,1-2H3. The van der Waals surface area contributed by atoms with Gasteiger partial charge in [0.15, 0.2) is 0 Å². The minimum atomic E-state index is -0.0176. The number of rotatable bonds is 3. The van der Waals surface area contributed by atoms with Gasteiger partial charge in [-0.05, 0) is 31.0 Å². The van der Waals surface area contributed by atoms with Gasteiger partial charge in [0.25, 0.3) is 5.56 Å². The smallest absolute Gasteiger partial charge is 0.259 e. The van der Waals surface area contributed by atoms with E-state index in [-0.39, 0.29) is 5.56 Å². The van der Waals surface area contributed by atoms with Crippen LogP contribution in [0.2, 0.25) is 0 Å². The Labute approximate surface area is 140 Å². The van der Waals surface area contributed by atoms with Crippen LogP contribution in [0.4, 0.5) is 0 Å². The minimum absolute atomic E-state index is 0.0176. The summed E-state index contributed by atoms with van der Waals surface area (Å²) in [6.45, 7) is 4.80. The van der Waals surface area contributed by atoms with Crippen LogP contribution in [0, 0.1) is 6.92 Å². The third kappa shape index (κ3) is 2.31. The van der Waals surface area contributed by atoms with E-state index in [0.29, 0.717) is 12.3 Å². The molecule has 0 aliphatic carbocycles. The summed E-state index contributed by atoms with van der Waals surface area (Å²) in [4.78, 5) is 17.3. The highest BCUT2D eigenvalue weighted by atomic mass is 16.1. The van der Waals surface area contributed by atoms with Crippen LogP contribution in [0.15, 0.2) is 59.4 Å². The first-order chi connectivity index (χ1) is 11.7. The van der Waals surface area contributed by atoms with Crippen LogP contribution >= 0.6 is 0 Å². The number of aryl methyl sites for hydroxylation is 2. The molecule has 4 nitrogen and oxygen atoms in total. The summed E-state index contributed by atoms with van der Waals surface area (Å²) < 4.78 is 3.84. The van der Waals surface area contributed by atoms with Gasteiger partial charge in [-0.15, -0.1) is 0 Å². The monoisotopic (exact) mass is 317 g/mol. The van der Waals surface area contributed by atoms with E-state index in [1.54, 1.807) is 10.5 Å². The van der Waals surface area contributed by atoms with Gasteiger partial charge >= 0.3 is 0 Å². The fraction of sp³-hybridized carbons (Fsp3) is 0.200. The molecular weight excluding hydrogens is 298 g/mol. The fourth-order valence-electron chi connectivity index (χ4n) is 3.24. The maximum atomic E-state index is 12.6. The van der Waals surface area contributed by atoms with Crippen molar-refractivity contribution in [1.82, 2.24) is 14.0 Å². The molecule has 0 amide bonds. The van der Waals surface area contributed by atoms with Crippen molar-refractivity contribution in [3.63, 3.8) is 0 Å². The molecule has 0 N–H and O–H groups in total. The second-order valence-electron chi connectivity index (χ2n) is 6.14. The Morgan fingerprint density at radius 3 is 2.54 bits per heavy atom. The van der Waals surface area contributed by atoms with E-state index in [2.05, 4.69) is 35.8 Å². The highest BCUT2D eigenvalue weighted by molar-refractivity contribution is 5.80. The Hall–Kier alpha value is -2.88. The third-order valence-electron chi connectivity index (χ3n) is 4.39. The fourth-order valence-corrected chi connectivity index (χ4v) is 3.24. The van der Waals surface area contributed by atoms with Crippen LogP contribution in [0.1, 0.15) is 23.7 Å². The van der Waals surface area contributed by atoms with Gasteiger partial charge in [-0.3, -0.25) is 4.79 Å². The first-order valence-electron chi connectivity index (χ1n) is 8.23. The van der Waals surface area contributed by atoms with E-state index in [1.165, 1.54) is 11.1 Å². The summed E-state index contributed by atoms with van der Waals surface area (Å²) in [5.41, 5.74) is 5.17. The molecule has 0 unspecified atom stereocenters. The van der Waals surface area contributed by atoms with Crippen LogP contribution in [0.3, 0.4) is 0 Å². The second kappa shape index (κ2) is 5.64. The molecule has 0 atom stereocenters. The number of imidazole rings is 1. The maximum absolute atomic E-state index is 12.6. The molecule has 120 valence electrons. The topological polar surface area (TPSA) is 39.3 Å². The Bertz CT molecular complexity index is 1100. The number of nitrogens with zero attached hydrogens (tertiary/aromatic N) is 3. The summed E-state index contributed by atoms with van der Waals surface area (Å²) >= 11 is 0. The molecule has 4 aromatic rings. The van der Waals surface area contributed by atoms with Crippen LogP contribution in [-0.4, -0.2) is 14.0 Å². The molecule has 4 rings (SSSR count). The van der Waals surface area contributed by atoms with E-state index >= 15 is 0 Å². The lowest BCUT2D eigenvalue weighted by Crippen LogP contribution is -2.15. The molecule has 0 bridgehead atoms.